The number of primary amides is 1. The second-order valence-corrected chi connectivity index (χ2v) is 7.23. The van der Waals surface area contributed by atoms with Crippen molar-refractivity contribution in [2.75, 3.05) is 7.11 Å². The molecule has 4 nitrogen and oxygen atoms in total. The first-order valence-corrected chi connectivity index (χ1v) is 9.57. The lowest BCUT2D eigenvalue weighted by molar-refractivity contribution is 0.100. The van der Waals surface area contributed by atoms with Gasteiger partial charge in [-0.15, -0.1) is 0 Å². The average molecular weight is 393 g/mol. The van der Waals surface area contributed by atoms with Crippen LogP contribution in [0.3, 0.4) is 0 Å². The molecule has 28 heavy (non-hydrogen) atoms. The third-order valence-corrected chi connectivity index (χ3v) is 5.48. The second kappa shape index (κ2) is 7.21. The first-order valence-electron chi connectivity index (χ1n) is 9.19. The lowest BCUT2D eigenvalue weighted by Gasteiger charge is -2.10. The van der Waals surface area contributed by atoms with Gasteiger partial charge in [-0.05, 0) is 47.9 Å². The van der Waals surface area contributed by atoms with Crippen LogP contribution in [-0.2, 0) is 13.0 Å². The third-order valence-electron chi connectivity index (χ3n) is 5.19. The Balaban J connectivity index is 1.98. The number of carbonyl (C=O) groups is 1. The Labute approximate surface area is 168 Å². The zero-order valence-corrected chi connectivity index (χ0v) is 16.6. The topological polar surface area (TPSA) is 57.2 Å². The van der Waals surface area contributed by atoms with Crippen molar-refractivity contribution in [2.45, 2.75) is 19.9 Å². The molecule has 0 fully saturated rings. The molecular formula is C23H21ClN2O2. The molecule has 0 aliphatic rings. The number of benzene rings is 3. The van der Waals surface area contributed by atoms with Crippen molar-refractivity contribution in [1.82, 2.24) is 4.57 Å². The second-order valence-electron chi connectivity index (χ2n) is 6.82. The van der Waals surface area contributed by atoms with Crippen LogP contribution in [-0.4, -0.2) is 17.6 Å². The highest BCUT2D eigenvalue weighted by Gasteiger charge is 2.17. The number of hydrogen-bond acceptors (Lipinski definition) is 2. The molecule has 3 aromatic carbocycles. The van der Waals surface area contributed by atoms with E-state index in [2.05, 4.69) is 29.7 Å². The molecule has 0 spiro atoms. The maximum Gasteiger partial charge on any atom is 0.249 e. The van der Waals surface area contributed by atoms with Gasteiger partial charge in [-0.25, -0.2) is 0 Å². The van der Waals surface area contributed by atoms with Crippen LogP contribution in [0.4, 0.5) is 0 Å². The Kier molecular flexibility index (Phi) is 4.73. The van der Waals surface area contributed by atoms with E-state index >= 15 is 0 Å². The summed E-state index contributed by atoms with van der Waals surface area (Å²) in [6, 6.07) is 17.9. The monoisotopic (exact) mass is 392 g/mol. The number of ether oxygens (including phenoxy) is 1. The number of amides is 1. The molecule has 1 amide bonds. The van der Waals surface area contributed by atoms with Crippen molar-refractivity contribution in [2.24, 2.45) is 5.73 Å². The molecule has 0 saturated carbocycles. The number of fused-ring (bicyclic) bond motifs is 3. The van der Waals surface area contributed by atoms with Gasteiger partial charge in [-0.1, -0.05) is 42.8 Å². The van der Waals surface area contributed by atoms with Gasteiger partial charge in [0.15, 0.2) is 0 Å². The first-order chi connectivity index (χ1) is 13.5. The van der Waals surface area contributed by atoms with E-state index in [1.165, 1.54) is 5.56 Å². The van der Waals surface area contributed by atoms with Gasteiger partial charge < -0.3 is 15.0 Å². The molecule has 2 N–H and O–H groups in total. The fourth-order valence-corrected chi connectivity index (χ4v) is 4.06. The van der Waals surface area contributed by atoms with Crippen molar-refractivity contribution in [1.29, 1.82) is 0 Å². The maximum atomic E-state index is 12.0. The molecule has 0 aliphatic carbocycles. The molecule has 4 aromatic rings. The van der Waals surface area contributed by atoms with Crippen molar-refractivity contribution in [3.63, 3.8) is 0 Å². The van der Waals surface area contributed by atoms with E-state index in [0.717, 1.165) is 33.8 Å². The molecule has 142 valence electrons. The highest BCUT2D eigenvalue weighted by atomic mass is 35.5. The van der Waals surface area contributed by atoms with E-state index in [0.29, 0.717) is 22.9 Å². The third kappa shape index (κ3) is 3.00. The van der Waals surface area contributed by atoms with Crippen molar-refractivity contribution >= 4 is 39.3 Å². The summed E-state index contributed by atoms with van der Waals surface area (Å²) in [6.45, 7) is 2.76. The highest BCUT2D eigenvalue weighted by Crippen LogP contribution is 2.34. The summed E-state index contributed by atoms with van der Waals surface area (Å²) in [5.74, 6) is 0.230. The number of hydrogen-bond donors (Lipinski definition) is 1. The smallest absolute Gasteiger partial charge is 0.249 e. The standard InChI is InChI=1S/C23H21ClN2O2/c1-3-14-7-9-16-20(12-14)26(13-15-8-10-21(28-2)18(24)11-15)19-6-4-5-17(22(16)19)23(25)27/h4-12H,3,13H2,1-2H3,(H2,25,27). The largest absolute Gasteiger partial charge is 0.495 e. The summed E-state index contributed by atoms with van der Waals surface area (Å²) in [6.07, 6.45) is 0.939. The predicted molar refractivity (Wildman–Crippen MR) is 114 cm³/mol. The lowest BCUT2D eigenvalue weighted by atomic mass is 10.0. The number of halogens is 1. The zero-order valence-electron chi connectivity index (χ0n) is 15.8. The summed E-state index contributed by atoms with van der Waals surface area (Å²) >= 11 is 6.33. The Morgan fingerprint density at radius 3 is 2.54 bits per heavy atom. The molecule has 0 aliphatic heterocycles. The molecule has 0 unspecified atom stereocenters. The van der Waals surface area contributed by atoms with Gasteiger partial charge in [0.2, 0.25) is 5.91 Å². The molecule has 1 heterocycles. The quantitative estimate of drug-likeness (QED) is 0.509. The van der Waals surface area contributed by atoms with Crippen molar-refractivity contribution in [3.05, 3.63) is 76.3 Å². The molecule has 0 radical (unpaired) electrons. The van der Waals surface area contributed by atoms with Crippen LogP contribution in [0.1, 0.15) is 28.4 Å². The molecule has 0 bridgehead atoms. The minimum Gasteiger partial charge on any atom is -0.495 e. The van der Waals surface area contributed by atoms with Crippen LogP contribution in [0.25, 0.3) is 21.8 Å². The van der Waals surface area contributed by atoms with Crippen LogP contribution in [0.5, 0.6) is 5.75 Å². The van der Waals surface area contributed by atoms with E-state index in [1.54, 1.807) is 13.2 Å². The van der Waals surface area contributed by atoms with Crippen LogP contribution in [0.2, 0.25) is 5.02 Å². The van der Waals surface area contributed by atoms with E-state index in [-0.39, 0.29) is 0 Å². The van der Waals surface area contributed by atoms with Crippen molar-refractivity contribution < 1.29 is 9.53 Å². The van der Waals surface area contributed by atoms with Gasteiger partial charge in [0, 0.05) is 28.4 Å². The number of nitrogens with zero attached hydrogens (tertiary/aromatic N) is 1. The molecule has 1 aromatic heterocycles. The summed E-state index contributed by atoms with van der Waals surface area (Å²) in [5.41, 5.74) is 10.6. The van der Waals surface area contributed by atoms with Crippen LogP contribution < -0.4 is 10.5 Å². The van der Waals surface area contributed by atoms with Crippen LogP contribution in [0.15, 0.2) is 54.6 Å². The minimum atomic E-state index is -0.420. The van der Waals surface area contributed by atoms with E-state index in [4.69, 9.17) is 22.1 Å². The Hall–Kier alpha value is -2.98. The summed E-state index contributed by atoms with van der Waals surface area (Å²) in [7, 11) is 1.60. The van der Waals surface area contributed by atoms with Gasteiger partial charge >= 0.3 is 0 Å². The first kappa shape index (κ1) is 18.4. The molecule has 4 rings (SSSR count). The highest BCUT2D eigenvalue weighted by molar-refractivity contribution is 6.32. The number of methoxy groups -OCH3 is 1. The van der Waals surface area contributed by atoms with Crippen molar-refractivity contribution in [3.8, 4) is 5.75 Å². The Morgan fingerprint density at radius 1 is 1.07 bits per heavy atom. The fourth-order valence-electron chi connectivity index (χ4n) is 3.78. The number of aromatic nitrogens is 1. The SMILES string of the molecule is CCc1ccc2c3c(C(N)=O)cccc3n(Cc3ccc(OC)c(Cl)c3)c2c1. The zero-order chi connectivity index (χ0) is 19.8. The summed E-state index contributed by atoms with van der Waals surface area (Å²) < 4.78 is 7.47. The Morgan fingerprint density at radius 2 is 1.86 bits per heavy atom. The molecule has 0 atom stereocenters. The van der Waals surface area contributed by atoms with Gasteiger partial charge in [-0.2, -0.15) is 0 Å². The number of rotatable bonds is 5. The van der Waals surface area contributed by atoms with Gasteiger partial charge in [-0.3, -0.25) is 4.79 Å². The lowest BCUT2D eigenvalue weighted by Crippen LogP contribution is -2.11. The van der Waals surface area contributed by atoms with Gasteiger partial charge in [0.25, 0.3) is 0 Å². The fraction of sp³-hybridized carbons (Fsp3) is 0.174. The maximum absolute atomic E-state index is 12.0. The molecular weight excluding hydrogens is 372 g/mol. The average Bonchev–Trinajstić information content (AvgIpc) is 3.01. The van der Waals surface area contributed by atoms with Crippen LogP contribution in [0, 0.1) is 0 Å². The summed E-state index contributed by atoms with van der Waals surface area (Å²) in [4.78, 5) is 12.0. The van der Waals surface area contributed by atoms with E-state index < -0.39 is 5.91 Å². The molecule has 5 heteroatoms. The number of carbonyl (C=O) groups excluding carboxylic acids is 1. The normalized spacial score (nSPS) is 11.2. The molecule has 0 saturated heterocycles. The Bertz CT molecular complexity index is 1210. The van der Waals surface area contributed by atoms with E-state index in [1.807, 2.05) is 30.3 Å². The minimum absolute atomic E-state index is 0.420. The van der Waals surface area contributed by atoms with Crippen LogP contribution >= 0.6 is 11.6 Å². The predicted octanol–water partition coefficient (Wildman–Crippen LogP) is 5.17. The van der Waals surface area contributed by atoms with Gasteiger partial charge in [0.05, 0.1) is 17.6 Å². The number of nitrogens with two attached hydrogens (primary N) is 1. The summed E-state index contributed by atoms with van der Waals surface area (Å²) in [5, 5.41) is 2.50. The number of aryl methyl sites for hydroxylation is 1. The van der Waals surface area contributed by atoms with Gasteiger partial charge in [0.1, 0.15) is 5.75 Å². The van der Waals surface area contributed by atoms with E-state index in [9.17, 15) is 4.79 Å².